The second-order valence-electron chi connectivity index (χ2n) is 4.96. The molecule has 3 N–H and O–H groups in total. The molecule has 6 nitrogen and oxygen atoms in total. The number of hydrogen-bond acceptors (Lipinski definition) is 4. The molecule has 1 aliphatic heterocycles. The summed E-state index contributed by atoms with van der Waals surface area (Å²) in [5.41, 5.74) is 1.13. The molecule has 0 saturated carbocycles. The van der Waals surface area contributed by atoms with Crippen molar-refractivity contribution in [2.24, 2.45) is 5.92 Å². The fourth-order valence-corrected chi connectivity index (χ4v) is 2.39. The Morgan fingerprint density at radius 1 is 1.33 bits per heavy atom. The summed E-state index contributed by atoms with van der Waals surface area (Å²) in [7, 11) is 1.57. The number of amides is 2. The summed E-state index contributed by atoms with van der Waals surface area (Å²) in [6, 6.07) is 6.91. The van der Waals surface area contributed by atoms with E-state index in [-0.39, 0.29) is 23.8 Å². The molecule has 2 atom stereocenters. The molecule has 1 aromatic rings. The predicted octanol–water partition coefficient (Wildman–Crippen LogP) is 0.609. The van der Waals surface area contributed by atoms with Gasteiger partial charge < -0.3 is 20.7 Å². The molecule has 2 unspecified atom stereocenters. The first-order valence-corrected chi connectivity index (χ1v) is 7.09. The highest BCUT2D eigenvalue weighted by molar-refractivity contribution is 5.97. The number of nitrogens with one attached hydrogen (secondary N) is 3. The second-order valence-corrected chi connectivity index (χ2v) is 4.96. The van der Waals surface area contributed by atoms with Crippen molar-refractivity contribution in [1.82, 2.24) is 10.6 Å². The number of carbonyl (C=O) groups excluding carboxylic acids is 2. The van der Waals surface area contributed by atoms with Crippen LogP contribution in [-0.4, -0.2) is 44.7 Å². The average molecular weight is 291 g/mol. The van der Waals surface area contributed by atoms with Crippen LogP contribution in [-0.2, 0) is 9.53 Å². The van der Waals surface area contributed by atoms with Gasteiger partial charge in [-0.2, -0.15) is 0 Å². The molecule has 6 heteroatoms. The number of benzene rings is 1. The Hall–Kier alpha value is -1.92. The smallest absolute Gasteiger partial charge is 0.251 e. The van der Waals surface area contributed by atoms with Gasteiger partial charge in [0.2, 0.25) is 5.91 Å². The van der Waals surface area contributed by atoms with Crippen LogP contribution in [0.25, 0.3) is 0 Å². The lowest BCUT2D eigenvalue weighted by molar-refractivity contribution is -0.120. The molecular formula is C15H21N3O3. The second kappa shape index (κ2) is 7.19. The molecule has 2 amide bonds. The maximum atomic E-state index is 12.3. The lowest BCUT2D eigenvalue weighted by Crippen LogP contribution is -2.41. The molecule has 0 bridgehead atoms. The fourth-order valence-electron chi connectivity index (χ4n) is 2.39. The minimum atomic E-state index is -0.214. The van der Waals surface area contributed by atoms with Crippen molar-refractivity contribution in [1.29, 1.82) is 0 Å². The molecule has 21 heavy (non-hydrogen) atoms. The highest BCUT2D eigenvalue weighted by atomic mass is 16.5. The molecular weight excluding hydrogens is 270 g/mol. The summed E-state index contributed by atoms with van der Waals surface area (Å²) < 4.78 is 5.37. The van der Waals surface area contributed by atoms with E-state index in [1.54, 1.807) is 31.3 Å². The van der Waals surface area contributed by atoms with E-state index >= 15 is 0 Å². The van der Waals surface area contributed by atoms with Crippen LogP contribution in [0.4, 0.5) is 5.69 Å². The zero-order valence-electron chi connectivity index (χ0n) is 12.3. The lowest BCUT2D eigenvalue weighted by Gasteiger charge is -2.18. The standard InChI is InChI=1S/C15H21N3O3/c1-3-17-13-9-21-8-12(13)15(20)18-11-6-4-5-10(7-11)14(19)16-2/h4-7,12-13,17H,3,8-9H2,1-2H3,(H,16,19)(H,18,20). The Morgan fingerprint density at radius 2 is 2.14 bits per heavy atom. The largest absolute Gasteiger partial charge is 0.379 e. The van der Waals surface area contributed by atoms with E-state index in [2.05, 4.69) is 16.0 Å². The minimum absolute atomic E-state index is 0.0390. The quantitative estimate of drug-likeness (QED) is 0.742. The van der Waals surface area contributed by atoms with Gasteiger partial charge in [0, 0.05) is 24.3 Å². The van der Waals surface area contributed by atoms with Gasteiger partial charge in [-0.05, 0) is 24.7 Å². The van der Waals surface area contributed by atoms with Gasteiger partial charge in [0.25, 0.3) is 5.91 Å². The van der Waals surface area contributed by atoms with E-state index in [4.69, 9.17) is 4.74 Å². The first-order valence-electron chi connectivity index (χ1n) is 7.09. The van der Waals surface area contributed by atoms with Gasteiger partial charge in [-0.15, -0.1) is 0 Å². The Morgan fingerprint density at radius 3 is 2.86 bits per heavy atom. The van der Waals surface area contributed by atoms with Crippen molar-refractivity contribution >= 4 is 17.5 Å². The zero-order chi connectivity index (χ0) is 15.2. The van der Waals surface area contributed by atoms with Gasteiger partial charge >= 0.3 is 0 Å². The fraction of sp³-hybridized carbons (Fsp3) is 0.467. The molecule has 2 rings (SSSR count). The Bertz CT molecular complexity index is 519. The molecule has 1 fully saturated rings. The van der Waals surface area contributed by atoms with Crippen LogP contribution in [0, 0.1) is 5.92 Å². The molecule has 1 aromatic carbocycles. The van der Waals surface area contributed by atoms with E-state index in [1.807, 2.05) is 6.92 Å². The number of carbonyl (C=O) groups is 2. The summed E-state index contributed by atoms with van der Waals surface area (Å²) in [6.07, 6.45) is 0. The monoisotopic (exact) mass is 291 g/mol. The summed E-state index contributed by atoms with van der Waals surface area (Å²) >= 11 is 0. The van der Waals surface area contributed by atoms with Gasteiger partial charge in [0.1, 0.15) is 0 Å². The van der Waals surface area contributed by atoms with Crippen LogP contribution in [0.1, 0.15) is 17.3 Å². The first-order chi connectivity index (χ1) is 10.2. The highest BCUT2D eigenvalue weighted by Crippen LogP contribution is 2.17. The molecule has 0 radical (unpaired) electrons. The molecule has 0 aromatic heterocycles. The van der Waals surface area contributed by atoms with Crippen molar-refractivity contribution in [3.63, 3.8) is 0 Å². The number of rotatable bonds is 5. The maximum Gasteiger partial charge on any atom is 0.251 e. The van der Waals surface area contributed by atoms with Crippen LogP contribution < -0.4 is 16.0 Å². The Labute approximate surface area is 124 Å². The third kappa shape index (κ3) is 3.80. The normalized spacial score (nSPS) is 21.0. The van der Waals surface area contributed by atoms with Crippen molar-refractivity contribution in [3.8, 4) is 0 Å². The topological polar surface area (TPSA) is 79.5 Å². The van der Waals surface area contributed by atoms with Crippen LogP contribution >= 0.6 is 0 Å². The molecule has 1 saturated heterocycles. The third-order valence-electron chi connectivity index (χ3n) is 3.50. The van der Waals surface area contributed by atoms with Crippen LogP contribution in [0.3, 0.4) is 0 Å². The third-order valence-corrected chi connectivity index (χ3v) is 3.50. The summed E-state index contributed by atoms with van der Waals surface area (Å²) in [5, 5.41) is 8.66. The predicted molar refractivity (Wildman–Crippen MR) is 80.2 cm³/mol. The molecule has 1 heterocycles. The van der Waals surface area contributed by atoms with Crippen molar-refractivity contribution < 1.29 is 14.3 Å². The summed E-state index contributed by atoms with van der Waals surface area (Å²) in [6.45, 7) is 3.76. The van der Waals surface area contributed by atoms with E-state index in [1.165, 1.54) is 0 Å². The van der Waals surface area contributed by atoms with Crippen molar-refractivity contribution in [2.45, 2.75) is 13.0 Å². The first kappa shape index (κ1) is 15.5. The molecule has 0 aliphatic carbocycles. The van der Waals surface area contributed by atoms with Crippen molar-refractivity contribution in [2.75, 3.05) is 32.1 Å². The van der Waals surface area contributed by atoms with Gasteiger partial charge in [-0.3, -0.25) is 9.59 Å². The van der Waals surface area contributed by atoms with Gasteiger partial charge in [0.05, 0.1) is 19.1 Å². The summed E-state index contributed by atoms with van der Waals surface area (Å²) in [5.74, 6) is -0.484. The number of likely N-dealkylation sites (N-methyl/N-ethyl adjacent to an activating group) is 1. The number of anilines is 1. The van der Waals surface area contributed by atoms with Gasteiger partial charge in [0.15, 0.2) is 0 Å². The van der Waals surface area contributed by atoms with E-state index in [9.17, 15) is 9.59 Å². The molecule has 114 valence electrons. The van der Waals surface area contributed by atoms with E-state index in [0.717, 1.165) is 6.54 Å². The Kier molecular flexibility index (Phi) is 5.30. The van der Waals surface area contributed by atoms with Gasteiger partial charge in [-0.25, -0.2) is 0 Å². The zero-order valence-corrected chi connectivity index (χ0v) is 12.3. The average Bonchev–Trinajstić information content (AvgIpc) is 2.95. The van der Waals surface area contributed by atoms with E-state index < -0.39 is 0 Å². The lowest BCUT2D eigenvalue weighted by atomic mass is 10.0. The SMILES string of the molecule is CCNC1COCC1C(=O)Nc1cccc(C(=O)NC)c1. The highest BCUT2D eigenvalue weighted by Gasteiger charge is 2.33. The van der Waals surface area contributed by atoms with E-state index in [0.29, 0.717) is 24.5 Å². The molecule has 0 spiro atoms. The minimum Gasteiger partial charge on any atom is -0.379 e. The van der Waals surface area contributed by atoms with Crippen LogP contribution in [0.2, 0.25) is 0 Å². The van der Waals surface area contributed by atoms with Crippen molar-refractivity contribution in [3.05, 3.63) is 29.8 Å². The van der Waals surface area contributed by atoms with Gasteiger partial charge in [-0.1, -0.05) is 13.0 Å². The molecule has 1 aliphatic rings. The Balaban J connectivity index is 2.04. The summed E-state index contributed by atoms with van der Waals surface area (Å²) in [4.78, 5) is 23.9. The van der Waals surface area contributed by atoms with Crippen LogP contribution in [0.5, 0.6) is 0 Å². The van der Waals surface area contributed by atoms with Crippen LogP contribution in [0.15, 0.2) is 24.3 Å². The number of ether oxygens (including phenoxy) is 1. The maximum absolute atomic E-state index is 12.3. The number of hydrogen-bond donors (Lipinski definition) is 3.